The second-order valence-corrected chi connectivity index (χ2v) is 9.89. The summed E-state index contributed by atoms with van der Waals surface area (Å²) in [5, 5.41) is 9.24. The van der Waals surface area contributed by atoms with E-state index < -0.39 is 0 Å². The second kappa shape index (κ2) is 9.18. The van der Waals surface area contributed by atoms with E-state index in [9.17, 15) is 4.79 Å². The summed E-state index contributed by atoms with van der Waals surface area (Å²) in [6, 6.07) is 19.4. The van der Waals surface area contributed by atoms with E-state index in [0.29, 0.717) is 21.1 Å². The maximum atomic E-state index is 13.2. The van der Waals surface area contributed by atoms with Crippen molar-refractivity contribution in [3.05, 3.63) is 99.1 Å². The van der Waals surface area contributed by atoms with E-state index in [1.165, 1.54) is 15.9 Å². The third-order valence-electron chi connectivity index (χ3n) is 5.78. The van der Waals surface area contributed by atoms with Crippen molar-refractivity contribution < 1.29 is 9.15 Å². The largest absolute Gasteiger partial charge is 0.491 e. The van der Waals surface area contributed by atoms with Crippen LogP contribution in [-0.4, -0.2) is 30.5 Å². The van der Waals surface area contributed by atoms with Crippen LogP contribution in [0.25, 0.3) is 39.6 Å². The highest BCUT2D eigenvalue weighted by Gasteiger charge is 2.16. The van der Waals surface area contributed by atoms with Crippen molar-refractivity contribution in [3.8, 4) is 34.3 Å². The zero-order valence-corrected chi connectivity index (χ0v) is 21.3. The van der Waals surface area contributed by atoms with Crippen LogP contribution in [0.4, 0.5) is 0 Å². The molecule has 8 nitrogen and oxygen atoms in total. The van der Waals surface area contributed by atoms with E-state index in [0.717, 1.165) is 33.8 Å². The molecule has 6 rings (SSSR count). The molecule has 0 bridgehead atoms. The predicted octanol–water partition coefficient (Wildman–Crippen LogP) is 4.91. The van der Waals surface area contributed by atoms with Crippen molar-refractivity contribution in [1.82, 2.24) is 24.4 Å². The van der Waals surface area contributed by atoms with Gasteiger partial charge in [0, 0.05) is 17.3 Å². The number of hydrogen-bond donors (Lipinski definition) is 0. The van der Waals surface area contributed by atoms with Gasteiger partial charge in [-0.05, 0) is 74.9 Å². The number of nitrogens with zero attached hydrogens (tertiary/aromatic N) is 5. The van der Waals surface area contributed by atoms with E-state index in [2.05, 4.69) is 16.1 Å². The van der Waals surface area contributed by atoms with Crippen molar-refractivity contribution in [3.63, 3.8) is 0 Å². The Bertz CT molecular complexity index is 1820. The maximum absolute atomic E-state index is 13.2. The first-order valence-electron chi connectivity index (χ1n) is 11.8. The number of furan rings is 1. The van der Waals surface area contributed by atoms with Crippen molar-refractivity contribution in [2.75, 3.05) is 0 Å². The van der Waals surface area contributed by atoms with Crippen LogP contribution in [0.2, 0.25) is 0 Å². The first-order chi connectivity index (χ1) is 18.0. The molecule has 0 atom stereocenters. The van der Waals surface area contributed by atoms with Crippen molar-refractivity contribution in [2.24, 2.45) is 0 Å². The lowest BCUT2D eigenvalue weighted by Gasteiger charge is -2.13. The van der Waals surface area contributed by atoms with Crippen LogP contribution in [0, 0.1) is 6.92 Å². The molecule has 0 saturated heterocycles. The molecule has 0 spiro atoms. The van der Waals surface area contributed by atoms with Crippen LogP contribution in [-0.2, 0) is 0 Å². The van der Waals surface area contributed by atoms with Gasteiger partial charge in [-0.1, -0.05) is 29.5 Å². The molecule has 9 heteroatoms. The van der Waals surface area contributed by atoms with Gasteiger partial charge < -0.3 is 9.15 Å². The summed E-state index contributed by atoms with van der Waals surface area (Å²) in [4.78, 5) is 18.2. The molecule has 0 amide bonds. The smallest absolute Gasteiger partial charge is 0.291 e. The fourth-order valence-electron chi connectivity index (χ4n) is 4.10. The molecule has 0 fully saturated rings. The third kappa shape index (κ3) is 4.34. The molecule has 0 unspecified atom stereocenters. The molecule has 184 valence electrons. The number of rotatable bonds is 6. The molecule has 0 aliphatic rings. The average molecular weight is 510 g/mol. The van der Waals surface area contributed by atoms with Gasteiger partial charge in [0.2, 0.25) is 10.8 Å². The minimum atomic E-state index is -0.236. The van der Waals surface area contributed by atoms with Gasteiger partial charge in [0.05, 0.1) is 22.6 Å². The van der Waals surface area contributed by atoms with Gasteiger partial charge in [-0.15, -0.1) is 5.10 Å². The number of thiazole rings is 1. The van der Waals surface area contributed by atoms with Crippen LogP contribution >= 0.6 is 11.3 Å². The van der Waals surface area contributed by atoms with Crippen LogP contribution in [0.5, 0.6) is 5.75 Å². The summed E-state index contributed by atoms with van der Waals surface area (Å²) in [6.07, 6.45) is 5.42. The Hall–Kier alpha value is -4.50. The summed E-state index contributed by atoms with van der Waals surface area (Å²) < 4.78 is 14.9. The molecule has 0 N–H and O–H groups in total. The van der Waals surface area contributed by atoms with Gasteiger partial charge in [-0.3, -0.25) is 4.79 Å². The number of ether oxygens (including phenoxy) is 1. The summed E-state index contributed by atoms with van der Waals surface area (Å²) in [7, 11) is 0. The highest BCUT2D eigenvalue weighted by molar-refractivity contribution is 7.15. The second-order valence-electron chi connectivity index (χ2n) is 8.88. The molecule has 4 aromatic heterocycles. The standard InChI is InChI=1S/C28H23N5O3S/c1-17(2)36-22-12-11-19(14-18(22)3)25-20(16-32(30-25)21-8-5-4-6-9-21)15-24-27(34)33-28(37-24)29-26(31-33)23-10-7-13-35-23/h4-17H,1-3H3/b24-15-. The maximum Gasteiger partial charge on any atom is 0.291 e. The zero-order valence-electron chi connectivity index (χ0n) is 20.5. The van der Waals surface area contributed by atoms with Gasteiger partial charge in [-0.2, -0.15) is 14.6 Å². The molecule has 6 aromatic rings. The molecule has 0 aliphatic carbocycles. The lowest BCUT2D eigenvalue weighted by Crippen LogP contribution is -2.23. The van der Waals surface area contributed by atoms with E-state index >= 15 is 0 Å². The number of hydrogen-bond acceptors (Lipinski definition) is 7. The van der Waals surface area contributed by atoms with E-state index in [1.807, 2.05) is 80.2 Å². The number of aryl methyl sites for hydroxylation is 1. The van der Waals surface area contributed by atoms with Crippen molar-refractivity contribution >= 4 is 22.4 Å². The number of para-hydroxylation sites is 1. The molecular weight excluding hydrogens is 486 g/mol. The molecular formula is C28H23N5O3S. The predicted molar refractivity (Wildman–Crippen MR) is 143 cm³/mol. The quantitative estimate of drug-likeness (QED) is 0.317. The summed E-state index contributed by atoms with van der Waals surface area (Å²) in [5.74, 6) is 1.75. The third-order valence-corrected chi connectivity index (χ3v) is 6.74. The minimum Gasteiger partial charge on any atom is -0.491 e. The Morgan fingerprint density at radius 1 is 1.05 bits per heavy atom. The first kappa shape index (κ1) is 22.9. The van der Waals surface area contributed by atoms with Gasteiger partial charge >= 0.3 is 0 Å². The number of benzene rings is 2. The van der Waals surface area contributed by atoms with E-state index in [4.69, 9.17) is 14.3 Å². The average Bonchev–Trinajstić information content (AvgIpc) is 3.67. The highest BCUT2D eigenvalue weighted by atomic mass is 32.1. The van der Waals surface area contributed by atoms with Gasteiger partial charge in [0.1, 0.15) is 11.4 Å². The Balaban J connectivity index is 1.48. The molecule has 0 aliphatic heterocycles. The SMILES string of the molecule is Cc1cc(-c2nn(-c3ccccc3)cc2/C=c2\sc3nc(-c4ccco4)nn3c2=O)ccc1OC(C)C. The van der Waals surface area contributed by atoms with Crippen molar-refractivity contribution in [1.29, 1.82) is 0 Å². The van der Waals surface area contributed by atoms with Crippen LogP contribution < -0.4 is 14.8 Å². The summed E-state index contributed by atoms with van der Waals surface area (Å²) in [5.41, 5.74) is 4.21. The molecule has 0 saturated carbocycles. The molecule has 4 heterocycles. The fraction of sp³-hybridized carbons (Fsp3) is 0.143. The lowest BCUT2D eigenvalue weighted by atomic mass is 10.0. The molecule has 2 aromatic carbocycles. The summed E-state index contributed by atoms with van der Waals surface area (Å²) in [6.45, 7) is 6.03. The zero-order chi connectivity index (χ0) is 25.5. The number of aromatic nitrogens is 5. The van der Waals surface area contributed by atoms with E-state index in [1.54, 1.807) is 18.4 Å². The Morgan fingerprint density at radius 3 is 2.59 bits per heavy atom. The molecule has 0 radical (unpaired) electrons. The van der Waals surface area contributed by atoms with Crippen LogP contribution in [0.1, 0.15) is 25.0 Å². The van der Waals surface area contributed by atoms with Crippen LogP contribution in [0.3, 0.4) is 0 Å². The monoisotopic (exact) mass is 509 g/mol. The molecule has 37 heavy (non-hydrogen) atoms. The fourth-order valence-corrected chi connectivity index (χ4v) is 5.00. The lowest BCUT2D eigenvalue weighted by molar-refractivity contribution is 0.241. The Kier molecular flexibility index (Phi) is 5.69. The highest BCUT2D eigenvalue weighted by Crippen LogP contribution is 2.29. The van der Waals surface area contributed by atoms with Crippen molar-refractivity contribution in [2.45, 2.75) is 26.9 Å². The van der Waals surface area contributed by atoms with Gasteiger partial charge in [0.25, 0.3) is 5.56 Å². The summed E-state index contributed by atoms with van der Waals surface area (Å²) >= 11 is 1.28. The first-order valence-corrected chi connectivity index (χ1v) is 12.7. The number of fused-ring (bicyclic) bond motifs is 1. The topological polar surface area (TPSA) is 87.5 Å². The van der Waals surface area contributed by atoms with Gasteiger partial charge in [-0.25, -0.2) is 4.68 Å². The van der Waals surface area contributed by atoms with Crippen LogP contribution in [0.15, 0.2) is 82.3 Å². The normalized spacial score (nSPS) is 12.2. The van der Waals surface area contributed by atoms with Gasteiger partial charge in [0.15, 0.2) is 5.76 Å². The Morgan fingerprint density at radius 2 is 1.89 bits per heavy atom. The minimum absolute atomic E-state index is 0.0841. The Labute approximate surface area is 216 Å². The van der Waals surface area contributed by atoms with E-state index in [-0.39, 0.29) is 11.7 Å².